The maximum Gasteiger partial charge on any atom is 0.126 e. The first-order valence-corrected chi connectivity index (χ1v) is 6.55. The topological polar surface area (TPSA) is 52.5 Å². The summed E-state index contributed by atoms with van der Waals surface area (Å²) in [4.78, 5) is 7.83. The number of nitriles is 1. The van der Waals surface area contributed by atoms with Crippen LogP contribution >= 0.6 is 0 Å². The van der Waals surface area contributed by atoms with Crippen molar-refractivity contribution in [2.75, 3.05) is 0 Å². The van der Waals surface area contributed by atoms with Gasteiger partial charge in [-0.2, -0.15) is 5.26 Å². The molecule has 19 heavy (non-hydrogen) atoms. The minimum Gasteiger partial charge on any atom is -0.344 e. The van der Waals surface area contributed by atoms with Crippen molar-refractivity contribution in [3.8, 4) is 17.3 Å². The zero-order chi connectivity index (χ0) is 14.0. The molecule has 2 aromatic rings. The molecule has 0 saturated heterocycles. The van der Waals surface area contributed by atoms with E-state index in [2.05, 4.69) is 47.2 Å². The lowest BCUT2D eigenvalue weighted by Crippen LogP contribution is -2.15. The van der Waals surface area contributed by atoms with Gasteiger partial charge in [-0.3, -0.25) is 0 Å². The van der Waals surface area contributed by atoms with Crippen molar-refractivity contribution in [2.24, 2.45) is 0 Å². The van der Waals surface area contributed by atoms with Gasteiger partial charge in [0.15, 0.2) is 0 Å². The summed E-state index contributed by atoms with van der Waals surface area (Å²) in [7, 11) is 0. The number of nitrogens with zero attached hydrogens (tertiary/aromatic N) is 2. The quantitative estimate of drug-likeness (QED) is 0.905. The Kier molecular flexibility index (Phi) is 3.44. The van der Waals surface area contributed by atoms with Crippen LogP contribution in [-0.4, -0.2) is 9.97 Å². The van der Waals surface area contributed by atoms with Gasteiger partial charge < -0.3 is 4.98 Å². The number of hydrogen-bond donors (Lipinski definition) is 1. The molecule has 3 nitrogen and oxygen atoms in total. The van der Waals surface area contributed by atoms with Gasteiger partial charge in [0.25, 0.3) is 0 Å². The van der Waals surface area contributed by atoms with Gasteiger partial charge in [-0.05, 0) is 32.8 Å². The summed E-state index contributed by atoms with van der Waals surface area (Å²) in [6.07, 6.45) is 1.03. The summed E-state index contributed by atoms with van der Waals surface area (Å²) in [6.45, 7) is 7.87. The van der Waals surface area contributed by atoms with Gasteiger partial charge in [-0.15, -0.1) is 0 Å². The Labute approximate surface area is 114 Å². The Morgan fingerprint density at radius 2 is 1.89 bits per heavy atom. The molecule has 0 atom stereocenters. The van der Waals surface area contributed by atoms with Gasteiger partial charge in [0, 0.05) is 11.3 Å². The molecule has 0 aliphatic carbocycles. The molecule has 0 spiro atoms. The van der Waals surface area contributed by atoms with Crippen molar-refractivity contribution < 1.29 is 0 Å². The lowest BCUT2D eigenvalue weighted by Gasteiger charge is -2.10. The largest absolute Gasteiger partial charge is 0.344 e. The number of rotatable bonds is 3. The summed E-state index contributed by atoms with van der Waals surface area (Å²) < 4.78 is 0. The Morgan fingerprint density at radius 1 is 1.26 bits per heavy atom. The molecule has 0 saturated carbocycles. The van der Waals surface area contributed by atoms with Crippen molar-refractivity contribution in [3.63, 3.8) is 0 Å². The van der Waals surface area contributed by atoms with Crippen LogP contribution in [0.1, 0.15) is 37.9 Å². The van der Waals surface area contributed by atoms with Crippen LogP contribution < -0.4 is 0 Å². The highest BCUT2D eigenvalue weighted by Crippen LogP contribution is 2.26. The van der Waals surface area contributed by atoms with E-state index in [1.54, 1.807) is 0 Å². The number of nitrogens with one attached hydrogen (secondary N) is 1. The van der Waals surface area contributed by atoms with Gasteiger partial charge in [-0.25, -0.2) is 4.98 Å². The molecule has 1 aromatic carbocycles. The van der Waals surface area contributed by atoms with Crippen LogP contribution in [0.5, 0.6) is 0 Å². The number of aryl methyl sites for hydroxylation is 2. The standard InChI is InChI=1S/C16H19N3/c1-5-12-6-8-13(9-7-12)14-11(2)18-15(19-14)16(3,4)10-17/h6-9H,5H2,1-4H3,(H,18,19). The van der Waals surface area contributed by atoms with Gasteiger partial charge in [0.1, 0.15) is 11.2 Å². The molecule has 1 N–H and O–H groups in total. The molecule has 0 radical (unpaired) electrons. The minimum atomic E-state index is -0.591. The monoisotopic (exact) mass is 253 g/mol. The van der Waals surface area contributed by atoms with E-state index < -0.39 is 5.41 Å². The van der Waals surface area contributed by atoms with Crippen LogP contribution in [0.4, 0.5) is 0 Å². The number of benzene rings is 1. The third-order valence-electron chi connectivity index (χ3n) is 3.39. The van der Waals surface area contributed by atoms with Gasteiger partial charge >= 0.3 is 0 Å². The van der Waals surface area contributed by atoms with E-state index in [0.29, 0.717) is 0 Å². The second-order valence-electron chi connectivity index (χ2n) is 5.35. The first-order chi connectivity index (χ1) is 8.97. The molecular weight excluding hydrogens is 234 g/mol. The van der Waals surface area contributed by atoms with Crippen molar-refractivity contribution in [2.45, 2.75) is 39.5 Å². The Balaban J connectivity index is 2.43. The smallest absolute Gasteiger partial charge is 0.126 e. The van der Waals surface area contributed by atoms with E-state index in [1.165, 1.54) is 5.56 Å². The lowest BCUT2D eigenvalue weighted by molar-refractivity contribution is 0.638. The lowest BCUT2D eigenvalue weighted by atomic mass is 9.95. The maximum atomic E-state index is 9.18. The SMILES string of the molecule is CCc1ccc(-c2nc(C(C)(C)C#N)[nH]c2C)cc1. The van der Waals surface area contributed by atoms with E-state index >= 15 is 0 Å². The molecule has 0 amide bonds. The Bertz CT molecular complexity index is 612. The normalized spacial score (nSPS) is 11.3. The maximum absolute atomic E-state index is 9.18. The Morgan fingerprint density at radius 3 is 2.42 bits per heavy atom. The summed E-state index contributed by atoms with van der Waals surface area (Å²) in [6, 6.07) is 10.7. The van der Waals surface area contributed by atoms with Crippen LogP contribution in [0, 0.1) is 18.3 Å². The third kappa shape index (κ3) is 2.53. The average molecular weight is 253 g/mol. The number of H-pyrrole nitrogens is 1. The number of imidazole rings is 1. The first-order valence-electron chi connectivity index (χ1n) is 6.55. The fourth-order valence-electron chi connectivity index (χ4n) is 1.99. The zero-order valence-electron chi connectivity index (χ0n) is 11.9. The van der Waals surface area contributed by atoms with Gasteiger partial charge in [0.2, 0.25) is 0 Å². The number of hydrogen-bond acceptors (Lipinski definition) is 2. The van der Waals surface area contributed by atoms with E-state index in [4.69, 9.17) is 0 Å². The highest BCUT2D eigenvalue weighted by Gasteiger charge is 2.25. The van der Waals surface area contributed by atoms with Crippen LogP contribution in [0.3, 0.4) is 0 Å². The van der Waals surface area contributed by atoms with Crippen molar-refractivity contribution in [1.82, 2.24) is 9.97 Å². The van der Waals surface area contributed by atoms with Crippen LogP contribution in [0.25, 0.3) is 11.3 Å². The van der Waals surface area contributed by atoms with E-state index in [0.717, 1.165) is 29.2 Å². The summed E-state index contributed by atoms with van der Waals surface area (Å²) in [5.41, 5.74) is 3.75. The van der Waals surface area contributed by atoms with Crippen molar-refractivity contribution in [1.29, 1.82) is 5.26 Å². The van der Waals surface area contributed by atoms with Crippen molar-refractivity contribution in [3.05, 3.63) is 41.3 Å². The van der Waals surface area contributed by atoms with Gasteiger partial charge in [-0.1, -0.05) is 31.2 Å². The van der Waals surface area contributed by atoms with Crippen LogP contribution in [0.15, 0.2) is 24.3 Å². The molecule has 0 aliphatic rings. The summed E-state index contributed by atoms with van der Waals surface area (Å²) in [5.74, 6) is 0.724. The molecule has 0 fully saturated rings. The van der Waals surface area contributed by atoms with E-state index in [9.17, 15) is 5.26 Å². The number of aromatic amines is 1. The number of aromatic nitrogens is 2. The van der Waals surface area contributed by atoms with Crippen LogP contribution in [0.2, 0.25) is 0 Å². The molecule has 3 heteroatoms. The van der Waals surface area contributed by atoms with Crippen molar-refractivity contribution >= 4 is 0 Å². The molecule has 0 unspecified atom stereocenters. The zero-order valence-corrected chi connectivity index (χ0v) is 11.9. The molecule has 1 aromatic heterocycles. The highest BCUT2D eigenvalue weighted by molar-refractivity contribution is 5.62. The second kappa shape index (κ2) is 4.89. The highest BCUT2D eigenvalue weighted by atomic mass is 15.0. The second-order valence-corrected chi connectivity index (χ2v) is 5.35. The van der Waals surface area contributed by atoms with Crippen LogP contribution in [-0.2, 0) is 11.8 Å². The molecule has 2 rings (SSSR count). The minimum absolute atomic E-state index is 0.591. The van der Waals surface area contributed by atoms with E-state index in [1.807, 2.05) is 20.8 Å². The predicted octanol–water partition coefficient (Wildman–Crippen LogP) is 3.75. The summed E-state index contributed by atoms with van der Waals surface area (Å²) in [5, 5.41) is 9.18. The summed E-state index contributed by atoms with van der Waals surface area (Å²) >= 11 is 0. The third-order valence-corrected chi connectivity index (χ3v) is 3.39. The fourth-order valence-corrected chi connectivity index (χ4v) is 1.99. The molecule has 98 valence electrons. The van der Waals surface area contributed by atoms with Gasteiger partial charge in [0.05, 0.1) is 11.8 Å². The predicted molar refractivity (Wildman–Crippen MR) is 76.8 cm³/mol. The molecule has 0 aliphatic heterocycles. The molecule has 1 heterocycles. The molecule has 0 bridgehead atoms. The first kappa shape index (κ1) is 13.4. The molecular formula is C16H19N3. The Hall–Kier alpha value is -2.08. The average Bonchev–Trinajstić information content (AvgIpc) is 2.82. The fraction of sp³-hybridized carbons (Fsp3) is 0.375. The van der Waals surface area contributed by atoms with E-state index in [-0.39, 0.29) is 0 Å².